The summed E-state index contributed by atoms with van der Waals surface area (Å²) < 4.78 is 32.6. The minimum absolute atomic E-state index is 0.216. The number of nitrogens with one attached hydrogen (secondary N) is 1. The Bertz CT molecular complexity index is 1210. The number of carbonyl (C=O) groups is 1. The lowest BCUT2D eigenvalue weighted by atomic mass is 10.1. The molecule has 0 aliphatic carbocycles. The van der Waals surface area contributed by atoms with Crippen molar-refractivity contribution in [2.75, 3.05) is 25.5 Å². The zero-order valence-corrected chi connectivity index (χ0v) is 20.3. The van der Waals surface area contributed by atoms with E-state index in [2.05, 4.69) is 10.3 Å². The third kappa shape index (κ3) is 5.26. The topological polar surface area (TPSA) is 88.6 Å². The fraction of sp³-hybridized carbons (Fsp3) is 0.333. The molecular formula is C24H27N3O4S2. The molecule has 174 valence electrons. The van der Waals surface area contributed by atoms with Crippen LogP contribution >= 0.6 is 11.3 Å². The molecule has 0 saturated carbocycles. The zero-order chi connectivity index (χ0) is 23.4. The minimum Gasteiger partial charge on any atom is -0.497 e. The molecule has 1 amide bonds. The second kappa shape index (κ2) is 10.0. The number of aryl methyl sites for hydroxylation is 1. The maximum absolute atomic E-state index is 12.9. The maximum Gasteiger partial charge on any atom is 0.257 e. The first-order valence-electron chi connectivity index (χ1n) is 10.9. The van der Waals surface area contributed by atoms with E-state index in [1.165, 1.54) is 23.5 Å². The van der Waals surface area contributed by atoms with Crippen molar-refractivity contribution in [3.8, 4) is 17.0 Å². The summed E-state index contributed by atoms with van der Waals surface area (Å²) >= 11 is 1.39. The summed E-state index contributed by atoms with van der Waals surface area (Å²) in [5.74, 6) is 0.435. The Morgan fingerprint density at radius 1 is 1.00 bits per heavy atom. The molecule has 1 saturated heterocycles. The van der Waals surface area contributed by atoms with Gasteiger partial charge in [0.1, 0.15) is 5.75 Å². The van der Waals surface area contributed by atoms with E-state index in [1.54, 1.807) is 23.5 Å². The van der Waals surface area contributed by atoms with Gasteiger partial charge in [-0.3, -0.25) is 10.1 Å². The van der Waals surface area contributed by atoms with Crippen LogP contribution in [0.15, 0.2) is 53.4 Å². The van der Waals surface area contributed by atoms with Crippen LogP contribution in [0, 0.1) is 6.92 Å². The Hall–Kier alpha value is -2.75. The molecule has 0 radical (unpaired) electrons. The molecule has 33 heavy (non-hydrogen) atoms. The Kier molecular flexibility index (Phi) is 7.11. The van der Waals surface area contributed by atoms with E-state index in [0.29, 0.717) is 23.8 Å². The van der Waals surface area contributed by atoms with Gasteiger partial charge in [0.15, 0.2) is 5.13 Å². The number of amides is 1. The van der Waals surface area contributed by atoms with Gasteiger partial charge in [0.25, 0.3) is 5.91 Å². The van der Waals surface area contributed by atoms with Gasteiger partial charge in [0.05, 0.1) is 17.7 Å². The highest BCUT2D eigenvalue weighted by Gasteiger charge is 2.25. The van der Waals surface area contributed by atoms with Gasteiger partial charge < -0.3 is 4.74 Å². The van der Waals surface area contributed by atoms with Crippen LogP contribution in [-0.2, 0) is 10.0 Å². The lowest BCUT2D eigenvalue weighted by Gasteiger charge is -2.20. The first-order valence-corrected chi connectivity index (χ1v) is 13.2. The standard InChI is InChI=1S/C24H27N3O4S2/c1-17-22(18-7-11-20(31-2)12-8-18)25-24(32-17)26-23(28)19-9-13-21(14-10-19)33(29,30)27-15-5-3-4-6-16-27/h7-14H,3-6,15-16H2,1-2H3,(H,25,26,28). The molecule has 9 heteroatoms. The number of sulfonamides is 1. The largest absolute Gasteiger partial charge is 0.497 e. The second-order valence-corrected chi connectivity index (χ2v) is 11.1. The number of carbonyl (C=O) groups excluding carboxylic acids is 1. The lowest BCUT2D eigenvalue weighted by molar-refractivity contribution is 0.102. The van der Waals surface area contributed by atoms with Gasteiger partial charge in [-0.05, 0) is 68.3 Å². The van der Waals surface area contributed by atoms with Gasteiger partial charge in [0.2, 0.25) is 10.0 Å². The smallest absolute Gasteiger partial charge is 0.257 e. The van der Waals surface area contributed by atoms with Crippen molar-refractivity contribution in [3.05, 3.63) is 59.0 Å². The average molecular weight is 486 g/mol. The highest BCUT2D eigenvalue weighted by molar-refractivity contribution is 7.89. The van der Waals surface area contributed by atoms with Gasteiger partial charge in [-0.15, -0.1) is 11.3 Å². The van der Waals surface area contributed by atoms with E-state index in [-0.39, 0.29) is 10.8 Å². The van der Waals surface area contributed by atoms with Gasteiger partial charge in [-0.2, -0.15) is 4.31 Å². The van der Waals surface area contributed by atoms with Crippen molar-refractivity contribution in [2.45, 2.75) is 37.5 Å². The summed E-state index contributed by atoms with van der Waals surface area (Å²) in [6.07, 6.45) is 3.88. The third-order valence-corrected chi connectivity index (χ3v) is 8.50. The fourth-order valence-corrected chi connectivity index (χ4v) is 6.19. The number of anilines is 1. The van der Waals surface area contributed by atoms with Crippen LogP contribution in [0.1, 0.15) is 40.9 Å². The summed E-state index contributed by atoms with van der Waals surface area (Å²) in [5.41, 5.74) is 2.12. The number of hydrogen-bond acceptors (Lipinski definition) is 6. The van der Waals surface area contributed by atoms with Gasteiger partial charge in [0, 0.05) is 29.1 Å². The van der Waals surface area contributed by atoms with Crippen LogP contribution in [0.4, 0.5) is 5.13 Å². The van der Waals surface area contributed by atoms with Crippen LogP contribution in [0.25, 0.3) is 11.3 Å². The van der Waals surface area contributed by atoms with Crippen LogP contribution < -0.4 is 10.1 Å². The van der Waals surface area contributed by atoms with Crippen LogP contribution in [0.3, 0.4) is 0 Å². The molecular weight excluding hydrogens is 458 g/mol. The van der Waals surface area contributed by atoms with Crippen LogP contribution in [0.5, 0.6) is 5.75 Å². The molecule has 1 fully saturated rings. The third-order valence-electron chi connectivity index (χ3n) is 5.70. The molecule has 3 aromatic rings. The number of ether oxygens (including phenoxy) is 1. The van der Waals surface area contributed by atoms with E-state index in [0.717, 1.165) is 47.6 Å². The van der Waals surface area contributed by atoms with E-state index < -0.39 is 10.0 Å². The van der Waals surface area contributed by atoms with Crippen molar-refractivity contribution in [3.63, 3.8) is 0 Å². The fourth-order valence-electron chi connectivity index (χ4n) is 3.85. The highest BCUT2D eigenvalue weighted by atomic mass is 32.2. The molecule has 0 atom stereocenters. The van der Waals surface area contributed by atoms with Crippen molar-refractivity contribution in [1.29, 1.82) is 0 Å². The molecule has 7 nitrogen and oxygen atoms in total. The van der Waals surface area contributed by atoms with Gasteiger partial charge in [-0.1, -0.05) is 12.8 Å². The summed E-state index contributed by atoms with van der Waals surface area (Å²) in [5, 5.41) is 3.32. The number of thiazole rings is 1. The number of benzene rings is 2. The molecule has 0 unspecified atom stereocenters. The zero-order valence-electron chi connectivity index (χ0n) is 18.7. The van der Waals surface area contributed by atoms with Gasteiger partial charge in [-0.25, -0.2) is 13.4 Å². The molecule has 2 aromatic carbocycles. The molecule has 1 N–H and O–H groups in total. The van der Waals surface area contributed by atoms with Gasteiger partial charge >= 0.3 is 0 Å². The SMILES string of the molecule is COc1ccc(-c2nc(NC(=O)c3ccc(S(=O)(=O)N4CCCCCC4)cc3)sc2C)cc1. The number of methoxy groups -OCH3 is 1. The Labute approximate surface area is 198 Å². The molecule has 0 spiro atoms. The molecule has 2 heterocycles. The summed E-state index contributed by atoms with van der Waals surface area (Å²) in [6, 6.07) is 13.7. The van der Waals surface area contributed by atoms with Crippen LogP contribution in [0.2, 0.25) is 0 Å². The van der Waals surface area contributed by atoms with E-state index in [9.17, 15) is 13.2 Å². The maximum atomic E-state index is 12.9. The average Bonchev–Trinajstić information content (AvgIpc) is 3.01. The summed E-state index contributed by atoms with van der Waals surface area (Å²) in [6.45, 7) is 3.05. The summed E-state index contributed by atoms with van der Waals surface area (Å²) in [7, 11) is -1.92. The number of nitrogens with zero attached hydrogens (tertiary/aromatic N) is 2. The summed E-state index contributed by atoms with van der Waals surface area (Å²) in [4.78, 5) is 18.5. The molecule has 1 aromatic heterocycles. The first kappa shape index (κ1) is 23.4. The Balaban J connectivity index is 1.47. The first-order chi connectivity index (χ1) is 15.9. The predicted molar refractivity (Wildman–Crippen MR) is 130 cm³/mol. The molecule has 0 bridgehead atoms. The Morgan fingerprint density at radius 3 is 2.24 bits per heavy atom. The number of hydrogen-bond donors (Lipinski definition) is 1. The monoisotopic (exact) mass is 485 g/mol. The van der Waals surface area contributed by atoms with E-state index >= 15 is 0 Å². The number of aromatic nitrogens is 1. The molecule has 4 rings (SSSR count). The Morgan fingerprint density at radius 2 is 1.64 bits per heavy atom. The van der Waals surface area contributed by atoms with E-state index in [4.69, 9.17) is 4.74 Å². The molecule has 1 aliphatic heterocycles. The highest BCUT2D eigenvalue weighted by Crippen LogP contribution is 2.31. The van der Waals surface area contributed by atoms with Crippen molar-refractivity contribution in [2.24, 2.45) is 0 Å². The normalized spacial score (nSPS) is 15.1. The minimum atomic E-state index is -3.54. The lowest BCUT2D eigenvalue weighted by Crippen LogP contribution is -2.31. The van der Waals surface area contributed by atoms with E-state index in [1.807, 2.05) is 31.2 Å². The van der Waals surface area contributed by atoms with Crippen molar-refractivity contribution in [1.82, 2.24) is 9.29 Å². The van der Waals surface area contributed by atoms with Crippen molar-refractivity contribution >= 4 is 32.4 Å². The second-order valence-electron chi connectivity index (χ2n) is 7.95. The molecule has 1 aliphatic rings. The number of rotatable bonds is 6. The van der Waals surface area contributed by atoms with Crippen molar-refractivity contribution < 1.29 is 17.9 Å². The quantitative estimate of drug-likeness (QED) is 0.534. The predicted octanol–water partition coefficient (Wildman–Crippen LogP) is 4.94. The van der Waals surface area contributed by atoms with Crippen LogP contribution in [-0.4, -0.2) is 43.8 Å².